The topological polar surface area (TPSA) is 61.4 Å². The fourth-order valence-corrected chi connectivity index (χ4v) is 2.06. The molecule has 0 heterocycles. The fourth-order valence-electron chi connectivity index (χ4n) is 2.06. The summed E-state index contributed by atoms with van der Waals surface area (Å²) >= 11 is 0. The molecular formula is C14H20N2O2. The maximum Gasteiger partial charge on any atom is 0.319 e. The molecule has 0 saturated heterocycles. The van der Waals surface area contributed by atoms with Crippen LogP contribution in [-0.4, -0.2) is 24.3 Å². The standard InChI is InChI=1S/C14H20N2O2/c1-10-5-11(2)7-12(6-10)16-13(18)15-8-14(9-17)3-4-14/h5-7,17H,3-4,8-9H2,1-2H3,(H2,15,16,18). The van der Waals surface area contributed by atoms with E-state index in [1.165, 1.54) is 0 Å². The summed E-state index contributed by atoms with van der Waals surface area (Å²) in [6.07, 6.45) is 1.99. The molecule has 0 spiro atoms. The molecule has 1 aromatic rings. The second-order valence-corrected chi connectivity index (χ2v) is 5.34. The smallest absolute Gasteiger partial charge is 0.319 e. The van der Waals surface area contributed by atoms with Gasteiger partial charge >= 0.3 is 6.03 Å². The second-order valence-electron chi connectivity index (χ2n) is 5.34. The van der Waals surface area contributed by atoms with Gasteiger partial charge in [0, 0.05) is 17.6 Å². The van der Waals surface area contributed by atoms with E-state index < -0.39 is 0 Å². The summed E-state index contributed by atoms with van der Waals surface area (Å²) in [6, 6.07) is 5.73. The van der Waals surface area contributed by atoms with Crippen LogP contribution in [0.2, 0.25) is 0 Å². The number of urea groups is 1. The highest BCUT2D eigenvalue weighted by molar-refractivity contribution is 5.89. The quantitative estimate of drug-likeness (QED) is 0.765. The number of anilines is 1. The lowest BCUT2D eigenvalue weighted by molar-refractivity contribution is 0.206. The number of nitrogens with one attached hydrogen (secondary N) is 2. The van der Waals surface area contributed by atoms with Crippen molar-refractivity contribution >= 4 is 11.7 Å². The van der Waals surface area contributed by atoms with Gasteiger partial charge in [-0.25, -0.2) is 4.79 Å². The number of aryl methyl sites for hydroxylation is 2. The first-order valence-electron chi connectivity index (χ1n) is 6.27. The minimum absolute atomic E-state index is 0.0557. The average molecular weight is 248 g/mol. The lowest BCUT2D eigenvalue weighted by Gasteiger charge is -2.14. The molecule has 2 amide bonds. The Kier molecular flexibility index (Phi) is 3.57. The molecule has 0 radical (unpaired) electrons. The van der Waals surface area contributed by atoms with E-state index in [4.69, 9.17) is 5.11 Å². The minimum atomic E-state index is -0.209. The molecular weight excluding hydrogens is 228 g/mol. The lowest BCUT2D eigenvalue weighted by Crippen LogP contribution is -2.35. The third-order valence-electron chi connectivity index (χ3n) is 3.40. The Morgan fingerprint density at radius 2 is 1.89 bits per heavy atom. The summed E-state index contributed by atoms with van der Waals surface area (Å²) < 4.78 is 0. The zero-order chi connectivity index (χ0) is 13.2. The Morgan fingerprint density at radius 3 is 2.39 bits per heavy atom. The zero-order valence-electron chi connectivity index (χ0n) is 10.9. The van der Waals surface area contributed by atoms with E-state index in [2.05, 4.69) is 16.7 Å². The summed E-state index contributed by atoms with van der Waals surface area (Å²) in [6.45, 7) is 4.69. The van der Waals surface area contributed by atoms with E-state index >= 15 is 0 Å². The predicted molar refractivity (Wildman–Crippen MR) is 71.7 cm³/mol. The molecule has 98 valence electrons. The van der Waals surface area contributed by atoms with Crippen LogP contribution in [0.15, 0.2) is 18.2 Å². The first-order chi connectivity index (χ1) is 8.53. The van der Waals surface area contributed by atoms with Crippen molar-refractivity contribution in [1.82, 2.24) is 5.32 Å². The number of benzene rings is 1. The van der Waals surface area contributed by atoms with Gasteiger partial charge in [-0.05, 0) is 49.9 Å². The normalized spacial score (nSPS) is 16.2. The molecule has 0 atom stereocenters. The molecule has 1 saturated carbocycles. The number of aliphatic hydroxyl groups is 1. The predicted octanol–water partition coefficient (Wildman–Crippen LogP) is 2.20. The van der Waals surface area contributed by atoms with Gasteiger partial charge in [0.25, 0.3) is 0 Å². The van der Waals surface area contributed by atoms with Crippen molar-refractivity contribution in [2.45, 2.75) is 26.7 Å². The highest BCUT2D eigenvalue weighted by atomic mass is 16.3. The molecule has 1 aromatic carbocycles. The molecule has 1 aliphatic carbocycles. The van der Waals surface area contributed by atoms with Crippen LogP contribution in [0.5, 0.6) is 0 Å². The van der Waals surface area contributed by atoms with Crippen LogP contribution in [0.3, 0.4) is 0 Å². The second kappa shape index (κ2) is 4.98. The molecule has 1 fully saturated rings. The molecule has 0 aliphatic heterocycles. The summed E-state index contributed by atoms with van der Waals surface area (Å²) in [7, 11) is 0. The Hall–Kier alpha value is -1.55. The van der Waals surface area contributed by atoms with Crippen LogP contribution >= 0.6 is 0 Å². The van der Waals surface area contributed by atoms with Crippen LogP contribution in [0.1, 0.15) is 24.0 Å². The van der Waals surface area contributed by atoms with Gasteiger partial charge in [0.1, 0.15) is 0 Å². The minimum Gasteiger partial charge on any atom is -0.396 e. The van der Waals surface area contributed by atoms with Crippen LogP contribution in [0, 0.1) is 19.3 Å². The van der Waals surface area contributed by atoms with Crippen molar-refractivity contribution in [3.8, 4) is 0 Å². The van der Waals surface area contributed by atoms with Crippen molar-refractivity contribution in [3.05, 3.63) is 29.3 Å². The molecule has 4 nitrogen and oxygen atoms in total. The molecule has 0 aromatic heterocycles. The molecule has 2 rings (SSSR count). The number of rotatable bonds is 4. The van der Waals surface area contributed by atoms with Gasteiger partial charge in [0.2, 0.25) is 0 Å². The number of hydrogen-bond donors (Lipinski definition) is 3. The average Bonchev–Trinajstić information content (AvgIpc) is 3.05. The SMILES string of the molecule is Cc1cc(C)cc(NC(=O)NCC2(CO)CC2)c1. The first kappa shape index (κ1) is 12.9. The highest BCUT2D eigenvalue weighted by Gasteiger charge is 2.42. The van der Waals surface area contributed by atoms with E-state index in [1.54, 1.807) is 0 Å². The van der Waals surface area contributed by atoms with E-state index in [9.17, 15) is 4.79 Å². The molecule has 0 unspecified atom stereocenters. The summed E-state index contributed by atoms with van der Waals surface area (Å²) in [5.74, 6) is 0. The molecule has 18 heavy (non-hydrogen) atoms. The van der Waals surface area contributed by atoms with E-state index in [0.717, 1.165) is 29.7 Å². The van der Waals surface area contributed by atoms with Gasteiger partial charge in [0.05, 0.1) is 6.61 Å². The number of aliphatic hydroxyl groups excluding tert-OH is 1. The lowest BCUT2D eigenvalue weighted by atomic mass is 10.1. The van der Waals surface area contributed by atoms with Crippen molar-refractivity contribution in [2.75, 3.05) is 18.5 Å². The highest BCUT2D eigenvalue weighted by Crippen LogP contribution is 2.44. The third-order valence-corrected chi connectivity index (χ3v) is 3.40. The zero-order valence-corrected chi connectivity index (χ0v) is 10.9. The Labute approximate surface area is 107 Å². The van der Waals surface area contributed by atoms with Gasteiger partial charge in [-0.15, -0.1) is 0 Å². The fraction of sp³-hybridized carbons (Fsp3) is 0.500. The molecule has 4 heteroatoms. The van der Waals surface area contributed by atoms with Crippen molar-refractivity contribution in [1.29, 1.82) is 0 Å². The van der Waals surface area contributed by atoms with Crippen molar-refractivity contribution < 1.29 is 9.90 Å². The van der Waals surface area contributed by atoms with Gasteiger partial charge in [-0.3, -0.25) is 0 Å². The first-order valence-corrected chi connectivity index (χ1v) is 6.27. The number of carbonyl (C=O) groups is 1. The van der Waals surface area contributed by atoms with Crippen molar-refractivity contribution in [3.63, 3.8) is 0 Å². The van der Waals surface area contributed by atoms with Gasteiger partial charge in [-0.1, -0.05) is 6.07 Å². The van der Waals surface area contributed by atoms with Crippen LogP contribution in [0.25, 0.3) is 0 Å². The van der Waals surface area contributed by atoms with Crippen molar-refractivity contribution in [2.24, 2.45) is 5.41 Å². The van der Waals surface area contributed by atoms with Gasteiger partial charge in [0.15, 0.2) is 0 Å². The van der Waals surface area contributed by atoms with Crippen LogP contribution in [-0.2, 0) is 0 Å². The molecule has 3 N–H and O–H groups in total. The Balaban J connectivity index is 1.87. The maximum absolute atomic E-state index is 11.7. The van der Waals surface area contributed by atoms with Gasteiger partial charge in [-0.2, -0.15) is 0 Å². The van der Waals surface area contributed by atoms with Gasteiger partial charge < -0.3 is 15.7 Å². The molecule has 1 aliphatic rings. The number of amides is 2. The Bertz CT molecular complexity index is 433. The summed E-state index contributed by atoms with van der Waals surface area (Å²) in [5, 5.41) is 14.8. The largest absolute Gasteiger partial charge is 0.396 e. The van der Waals surface area contributed by atoms with Crippen LogP contribution in [0.4, 0.5) is 10.5 Å². The Morgan fingerprint density at radius 1 is 1.28 bits per heavy atom. The third kappa shape index (κ3) is 3.23. The number of hydrogen-bond acceptors (Lipinski definition) is 2. The molecule has 0 bridgehead atoms. The van der Waals surface area contributed by atoms with E-state index in [0.29, 0.717) is 6.54 Å². The van der Waals surface area contributed by atoms with Crippen LogP contribution < -0.4 is 10.6 Å². The summed E-state index contributed by atoms with van der Waals surface area (Å²) in [5.41, 5.74) is 3.00. The maximum atomic E-state index is 11.7. The van der Waals surface area contributed by atoms with E-state index in [1.807, 2.05) is 26.0 Å². The monoisotopic (exact) mass is 248 g/mol. The number of carbonyl (C=O) groups excluding carboxylic acids is 1. The van der Waals surface area contributed by atoms with E-state index in [-0.39, 0.29) is 18.1 Å². The summed E-state index contributed by atoms with van der Waals surface area (Å²) in [4.78, 5) is 11.7.